The topological polar surface area (TPSA) is 65.1 Å². The number of hydrogen-bond acceptors (Lipinski definition) is 5. The van der Waals surface area contributed by atoms with Crippen LogP contribution in [0.15, 0.2) is 65.1 Å². The molecule has 6 nitrogen and oxygen atoms in total. The lowest BCUT2D eigenvalue weighted by atomic mass is 9.86. The lowest BCUT2D eigenvalue weighted by Gasteiger charge is -2.38. The maximum absolute atomic E-state index is 13.6. The first-order valence-electron chi connectivity index (χ1n) is 11.7. The number of fused-ring (bicyclic) bond motifs is 1. The van der Waals surface area contributed by atoms with Crippen molar-refractivity contribution in [3.8, 4) is 11.5 Å². The Morgan fingerprint density at radius 2 is 1.54 bits per heavy atom. The molecule has 1 atom stereocenters. The van der Waals surface area contributed by atoms with Gasteiger partial charge in [0.1, 0.15) is 0 Å². The highest BCUT2D eigenvalue weighted by Gasteiger charge is 2.36. The van der Waals surface area contributed by atoms with Gasteiger partial charge < -0.3 is 19.1 Å². The molecule has 0 spiro atoms. The van der Waals surface area contributed by atoms with Gasteiger partial charge in [0, 0.05) is 10.2 Å². The molecule has 7 heteroatoms. The molecule has 0 aliphatic carbocycles. The molecule has 1 heterocycles. The van der Waals surface area contributed by atoms with Gasteiger partial charge in [0.25, 0.3) is 0 Å². The van der Waals surface area contributed by atoms with Gasteiger partial charge in [0.05, 0.1) is 37.8 Å². The summed E-state index contributed by atoms with van der Waals surface area (Å²) in [5, 5.41) is 0. The van der Waals surface area contributed by atoms with E-state index in [1.165, 1.54) is 0 Å². The Labute approximate surface area is 213 Å². The second kappa shape index (κ2) is 11.0. The standard InChI is InChI=1S/C28H28BrNO5/c1-4-33-24-15-20-16-26(31)30(22-13-9-19(10-14-22)28(32)35-6-3)27(18-7-11-21(29)12-8-18)23(20)17-25(24)34-5-2/h7-15,17,27H,4-6,16H2,1-3H3. The number of hydrogen-bond donors (Lipinski definition) is 0. The van der Waals surface area contributed by atoms with E-state index in [2.05, 4.69) is 15.9 Å². The lowest BCUT2D eigenvalue weighted by Crippen LogP contribution is -2.41. The normalized spacial score (nSPS) is 14.9. The van der Waals surface area contributed by atoms with E-state index < -0.39 is 0 Å². The summed E-state index contributed by atoms with van der Waals surface area (Å²) in [5.74, 6) is 0.870. The predicted octanol–water partition coefficient (Wildman–Crippen LogP) is 6.10. The van der Waals surface area contributed by atoms with Gasteiger partial charge in [-0.05, 0) is 86.0 Å². The number of benzene rings is 3. The van der Waals surface area contributed by atoms with Gasteiger partial charge in [-0.3, -0.25) is 4.79 Å². The first-order valence-corrected chi connectivity index (χ1v) is 12.5. The van der Waals surface area contributed by atoms with Crippen molar-refractivity contribution in [3.05, 3.63) is 87.4 Å². The van der Waals surface area contributed by atoms with Gasteiger partial charge in [-0.25, -0.2) is 4.79 Å². The minimum atomic E-state index is -0.386. The van der Waals surface area contributed by atoms with Crippen molar-refractivity contribution in [1.82, 2.24) is 0 Å². The first-order chi connectivity index (χ1) is 17.0. The van der Waals surface area contributed by atoms with Gasteiger partial charge in [0.15, 0.2) is 11.5 Å². The smallest absolute Gasteiger partial charge is 0.338 e. The third-order valence-corrected chi connectivity index (χ3v) is 6.34. The zero-order valence-electron chi connectivity index (χ0n) is 20.0. The number of rotatable bonds is 8. The van der Waals surface area contributed by atoms with Crippen molar-refractivity contribution < 1.29 is 23.8 Å². The summed E-state index contributed by atoms with van der Waals surface area (Å²) >= 11 is 3.51. The van der Waals surface area contributed by atoms with Gasteiger partial charge in [0.2, 0.25) is 5.91 Å². The summed E-state index contributed by atoms with van der Waals surface area (Å²) in [6, 6.07) is 18.5. The van der Waals surface area contributed by atoms with Crippen molar-refractivity contribution in [2.24, 2.45) is 0 Å². The number of amides is 1. The van der Waals surface area contributed by atoms with Gasteiger partial charge >= 0.3 is 5.97 Å². The number of carbonyl (C=O) groups excluding carboxylic acids is 2. The van der Waals surface area contributed by atoms with E-state index in [9.17, 15) is 9.59 Å². The third-order valence-electron chi connectivity index (χ3n) is 5.81. The second-order valence-electron chi connectivity index (χ2n) is 8.03. The zero-order valence-corrected chi connectivity index (χ0v) is 21.6. The molecule has 0 fully saturated rings. The van der Waals surface area contributed by atoms with Crippen molar-refractivity contribution in [2.75, 3.05) is 24.7 Å². The van der Waals surface area contributed by atoms with E-state index in [0.29, 0.717) is 42.6 Å². The lowest BCUT2D eigenvalue weighted by molar-refractivity contribution is -0.118. The molecule has 4 rings (SSSR count). The molecule has 3 aromatic carbocycles. The fraction of sp³-hybridized carbons (Fsp3) is 0.286. The highest BCUT2D eigenvalue weighted by molar-refractivity contribution is 9.10. The summed E-state index contributed by atoms with van der Waals surface area (Å²) < 4.78 is 17.8. The van der Waals surface area contributed by atoms with Gasteiger partial charge in [-0.15, -0.1) is 0 Å². The molecule has 1 unspecified atom stereocenters. The summed E-state index contributed by atoms with van der Waals surface area (Å²) in [4.78, 5) is 27.5. The summed E-state index contributed by atoms with van der Waals surface area (Å²) in [7, 11) is 0. The largest absolute Gasteiger partial charge is 0.490 e. The molecule has 0 bridgehead atoms. The van der Waals surface area contributed by atoms with Crippen LogP contribution in [0.2, 0.25) is 0 Å². The number of ether oxygens (including phenoxy) is 3. The van der Waals surface area contributed by atoms with Gasteiger partial charge in [-0.2, -0.15) is 0 Å². The monoisotopic (exact) mass is 537 g/mol. The highest BCUT2D eigenvalue weighted by atomic mass is 79.9. The predicted molar refractivity (Wildman–Crippen MR) is 138 cm³/mol. The Kier molecular flexibility index (Phi) is 7.76. The Hall–Kier alpha value is -3.32. The fourth-order valence-corrected chi connectivity index (χ4v) is 4.60. The molecule has 0 saturated heterocycles. The zero-order chi connectivity index (χ0) is 24.9. The Balaban J connectivity index is 1.84. The van der Waals surface area contributed by atoms with Crippen LogP contribution >= 0.6 is 15.9 Å². The van der Waals surface area contributed by atoms with E-state index in [1.807, 2.05) is 50.2 Å². The van der Waals surface area contributed by atoms with E-state index in [-0.39, 0.29) is 24.3 Å². The van der Waals surface area contributed by atoms with Crippen LogP contribution in [0.1, 0.15) is 53.9 Å². The van der Waals surface area contributed by atoms with E-state index in [1.54, 1.807) is 36.1 Å². The molecule has 182 valence electrons. The van der Waals surface area contributed by atoms with E-state index >= 15 is 0 Å². The minimum absolute atomic E-state index is 0.0408. The van der Waals surface area contributed by atoms with Crippen LogP contribution < -0.4 is 14.4 Å². The van der Waals surface area contributed by atoms with Crippen molar-refractivity contribution in [2.45, 2.75) is 33.2 Å². The minimum Gasteiger partial charge on any atom is -0.490 e. The molecule has 0 aromatic heterocycles. The number of halogens is 1. The quantitative estimate of drug-likeness (QED) is 0.324. The summed E-state index contributed by atoms with van der Waals surface area (Å²) in [6.07, 6.45) is 0.231. The average Bonchev–Trinajstić information content (AvgIpc) is 2.85. The third kappa shape index (κ3) is 5.20. The van der Waals surface area contributed by atoms with E-state index in [0.717, 1.165) is 21.2 Å². The molecular weight excluding hydrogens is 510 g/mol. The molecule has 0 saturated carbocycles. The fourth-order valence-electron chi connectivity index (χ4n) is 4.33. The maximum atomic E-state index is 13.6. The first kappa shape index (κ1) is 24.8. The van der Waals surface area contributed by atoms with Crippen LogP contribution in [0, 0.1) is 0 Å². The maximum Gasteiger partial charge on any atom is 0.338 e. The van der Waals surface area contributed by atoms with Crippen LogP contribution in [0.3, 0.4) is 0 Å². The van der Waals surface area contributed by atoms with Crippen molar-refractivity contribution in [1.29, 1.82) is 0 Å². The molecule has 35 heavy (non-hydrogen) atoms. The average molecular weight is 538 g/mol. The number of esters is 1. The van der Waals surface area contributed by atoms with Crippen molar-refractivity contribution in [3.63, 3.8) is 0 Å². The SMILES string of the molecule is CCOC(=O)c1ccc(N2C(=O)Cc3cc(OCC)c(OCC)cc3C2c2ccc(Br)cc2)cc1. The molecule has 1 amide bonds. The Bertz CT molecular complexity index is 1210. The molecule has 1 aliphatic heterocycles. The molecule has 1 aliphatic rings. The number of anilines is 1. The second-order valence-corrected chi connectivity index (χ2v) is 8.94. The Morgan fingerprint density at radius 1 is 0.914 bits per heavy atom. The molecule has 0 N–H and O–H groups in total. The Morgan fingerprint density at radius 3 is 2.14 bits per heavy atom. The number of carbonyl (C=O) groups is 2. The summed E-state index contributed by atoms with van der Waals surface area (Å²) in [5.41, 5.74) is 4.00. The van der Waals surface area contributed by atoms with Crippen LogP contribution in [-0.2, 0) is 16.0 Å². The highest BCUT2D eigenvalue weighted by Crippen LogP contribution is 2.43. The summed E-state index contributed by atoms with van der Waals surface area (Å²) in [6.45, 7) is 6.93. The molecule has 3 aromatic rings. The molecule has 0 radical (unpaired) electrons. The van der Waals surface area contributed by atoms with Crippen LogP contribution in [0.4, 0.5) is 5.69 Å². The van der Waals surface area contributed by atoms with Crippen LogP contribution in [0.25, 0.3) is 0 Å². The molecular formula is C28H28BrNO5. The van der Waals surface area contributed by atoms with Crippen LogP contribution in [-0.4, -0.2) is 31.7 Å². The number of nitrogens with zero attached hydrogens (tertiary/aromatic N) is 1. The van der Waals surface area contributed by atoms with Crippen LogP contribution in [0.5, 0.6) is 11.5 Å². The van der Waals surface area contributed by atoms with E-state index in [4.69, 9.17) is 14.2 Å². The van der Waals surface area contributed by atoms with Crippen molar-refractivity contribution >= 4 is 33.5 Å². The van der Waals surface area contributed by atoms with Gasteiger partial charge in [-0.1, -0.05) is 28.1 Å².